The zero-order valence-corrected chi connectivity index (χ0v) is 10.3. The molecule has 1 fully saturated rings. The van der Waals surface area contributed by atoms with Gasteiger partial charge in [0, 0.05) is 18.0 Å². The quantitative estimate of drug-likeness (QED) is 0.772. The molecule has 1 aliphatic rings. The first-order valence-electron chi connectivity index (χ1n) is 6.08. The van der Waals surface area contributed by atoms with Gasteiger partial charge in [-0.3, -0.25) is 4.98 Å². The fourth-order valence-electron chi connectivity index (χ4n) is 1.82. The zero-order chi connectivity index (χ0) is 12.4. The van der Waals surface area contributed by atoms with Crippen molar-refractivity contribution in [3.05, 3.63) is 48.3 Å². The third kappa shape index (κ3) is 2.51. The zero-order valence-electron chi connectivity index (χ0n) is 10.3. The maximum absolute atomic E-state index is 5.78. The Bertz CT molecular complexity index is 535. The summed E-state index contributed by atoms with van der Waals surface area (Å²) in [5, 5.41) is 0. The maximum Gasteiger partial charge on any atom is 0.122 e. The van der Waals surface area contributed by atoms with Crippen molar-refractivity contribution in [3.8, 4) is 16.9 Å². The van der Waals surface area contributed by atoms with E-state index in [0.29, 0.717) is 6.61 Å². The Labute approximate surface area is 106 Å². The molecule has 1 aromatic heterocycles. The maximum atomic E-state index is 5.78. The number of hydrogen-bond acceptors (Lipinski definition) is 3. The van der Waals surface area contributed by atoms with E-state index in [1.54, 1.807) is 6.20 Å². The van der Waals surface area contributed by atoms with E-state index in [9.17, 15) is 0 Å². The van der Waals surface area contributed by atoms with Gasteiger partial charge in [-0.15, -0.1) is 0 Å². The van der Waals surface area contributed by atoms with E-state index in [2.05, 4.69) is 30.1 Å². The second kappa shape index (κ2) is 4.78. The minimum Gasteiger partial charge on any atom is -0.490 e. The Balaban J connectivity index is 1.84. The lowest BCUT2D eigenvalue weighted by Gasteiger charge is -2.10. The number of nitrogens with zero attached hydrogens (tertiary/aromatic N) is 1. The third-order valence-corrected chi connectivity index (χ3v) is 3.01. The smallest absolute Gasteiger partial charge is 0.122 e. The molecule has 2 aromatic rings. The summed E-state index contributed by atoms with van der Waals surface area (Å²) >= 11 is 0. The van der Waals surface area contributed by atoms with Crippen LogP contribution < -0.4 is 4.74 Å². The highest BCUT2D eigenvalue weighted by molar-refractivity contribution is 5.65. The number of rotatable bonds is 4. The molecule has 3 rings (SSSR count). The lowest BCUT2D eigenvalue weighted by atomic mass is 10.1. The predicted molar refractivity (Wildman–Crippen MR) is 69.6 cm³/mol. The summed E-state index contributed by atoms with van der Waals surface area (Å²) in [6, 6.07) is 10.2. The number of ether oxygens (including phenoxy) is 2. The molecule has 0 saturated carbocycles. The SMILES string of the molecule is Cc1ccc(-c2cccnc2)cc1OCC1CO1. The van der Waals surface area contributed by atoms with Crippen LogP contribution in [0.5, 0.6) is 5.75 Å². The first-order chi connectivity index (χ1) is 8.83. The van der Waals surface area contributed by atoms with Crippen LogP contribution in [0.3, 0.4) is 0 Å². The Morgan fingerprint density at radius 3 is 2.94 bits per heavy atom. The average molecular weight is 241 g/mol. The van der Waals surface area contributed by atoms with Crippen LogP contribution in [-0.4, -0.2) is 24.3 Å². The van der Waals surface area contributed by atoms with Crippen molar-refractivity contribution < 1.29 is 9.47 Å². The lowest BCUT2D eigenvalue weighted by Crippen LogP contribution is -2.05. The van der Waals surface area contributed by atoms with E-state index in [1.165, 1.54) is 0 Å². The van der Waals surface area contributed by atoms with Crippen LogP contribution in [0.4, 0.5) is 0 Å². The minimum atomic E-state index is 0.284. The van der Waals surface area contributed by atoms with E-state index >= 15 is 0 Å². The molecule has 92 valence electrons. The van der Waals surface area contributed by atoms with E-state index in [0.717, 1.165) is 29.0 Å². The Kier molecular flexibility index (Phi) is 2.99. The molecule has 0 bridgehead atoms. The highest BCUT2D eigenvalue weighted by Gasteiger charge is 2.23. The summed E-state index contributed by atoms with van der Waals surface area (Å²) in [5.41, 5.74) is 3.37. The second-order valence-corrected chi connectivity index (χ2v) is 4.49. The van der Waals surface area contributed by atoms with Gasteiger partial charge in [-0.05, 0) is 30.2 Å². The van der Waals surface area contributed by atoms with Crippen molar-refractivity contribution in [3.63, 3.8) is 0 Å². The van der Waals surface area contributed by atoms with Gasteiger partial charge in [0.2, 0.25) is 0 Å². The molecule has 0 amide bonds. The van der Waals surface area contributed by atoms with Gasteiger partial charge in [-0.25, -0.2) is 0 Å². The largest absolute Gasteiger partial charge is 0.490 e. The number of aromatic nitrogens is 1. The topological polar surface area (TPSA) is 34.6 Å². The highest BCUT2D eigenvalue weighted by Crippen LogP contribution is 2.27. The molecule has 0 N–H and O–H groups in total. The van der Waals surface area contributed by atoms with Crippen molar-refractivity contribution in [1.29, 1.82) is 0 Å². The molecular formula is C15H15NO2. The summed E-state index contributed by atoms with van der Waals surface area (Å²) in [6.07, 6.45) is 3.92. The van der Waals surface area contributed by atoms with Gasteiger partial charge < -0.3 is 9.47 Å². The third-order valence-electron chi connectivity index (χ3n) is 3.01. The first kappa shape index (κ1) is 11.2. The number of hydrogen-bond donors (Lipinski definition) is 0. The summed E-state index contributed by atoms with van der Waals surface area (Å²) in [6.45, 7) is 3.51. The molecule has 1 aromatic carbocycles. The van der Waals surface area contributed by atoms with Gasteiger partial charge in [0.05, 0.1) is 6.61 Å². The van der Waals surface area contributed by atoms with Crippen molar-refractivity contribution in [2.75, 3.05) is 13.2 Å². The van der Waals surface area contributed by atoms with Crippen molar-refractivity contribution in [2.45, 2.75) is 13.0 Å². The molecule has 1 aliphatic heterocycles. The van der Waals surface area contributed by atoms with Crippen LogP contribution in [-0.2, 0) is 4.74 Å². The van der Waals surface area contributed by atoms with Crippen LogP contribution >= 0.6 is 0 Å². The molecule has 0 radical (unpaired) electrons. The summed E-state index contributed by atoms with van der Waals surface area (Å²) in [7, 11) is 0. The van der Waals surface area contributed by atoms with Gasteiger partial charge in [0.15, 0.2) is 0 Å². The van der Waals surface area contributed by atoms with Gasteiger partial charge in [-0.1, -0.05) is 18.2 Å². The fraction of sp³-hybridized carbons (Fsp3) is 0.267. The molecule has 3 heteroatoms. The van der Waals surface area contributed by atoms with Crippen LogP contribution in [0.1, 0.15) is 5.56 Å². The van der Waals surface area contributed by atoms with Crippen molar-refractivity contribution in [2.24, 2.45) is 0 Å². The van der Waals surface area contributed by atoms with Crippen molar-refractivity contribution >= 4 is 0 Å². The van der Waals surface area contributed by atoms with Gasteiger partial charge in [0.25, 0.3) is 0 Å². The van der Waals surface area contributed by atoms with Crippen LogP contribution in [0.15, 0.2) is 42.7 Å². The number of pyridine rings is 1. The Morgan fingerprint density at radius 2 is 2.22 bits per heavy atom. The molecule has 2 heterocycles. The molecule has 0 spiro atoms. The van der Waals surface area contributed by atoms with Gasteiger partial charge >= 0.3 is 0 Å². The van der Waals surface area contributed by atoms with E-state index < -0.39 is 0 Å². The predicted octanol–water partition coefficient (Wildman–Crippen LogP) is 2.83. The number of aryl methyl sites for hydroxylation is 1. The number of epoxide rings is 1. The van der Waals surface area contributed by atoms with Gasteiger partial charge in [0.1, 0.15) is 18.5 Å². The highest BCUT2D eigenvalue weighted by atomic mass is 16.6. The molecule has 3 nitrogen and oxygen atoms in total. The molecule has 1 atom stereocenters. The fourth-order valence-corrected chi connectivity index (χ4v) is 1.82. The Morgan fingerprint density at radius 1 is 1.33 bits per heavy atom. The van der Waals surface area contributed by atoms with Crippen LogP contribution in [0.2, 0.25) is 0 Å². The van der Waals surface area contributed by atoms with Crippen molar-refractivity contribution in [1.82, 2.24) is 4.98 Å². The minimum absolute atomic E-state index is 0.284. The molecule has 18 heavy (non-hydrogen) atoms. The Hall–Kier alpha value is -1.87. The molecular weight excluding hydrogens is 226 g/mol. The average Bonchev–Trinajstić information content (AvgIpc) is 3.23. The van der Waals surface area contributed by atoms with E-state index in [-0.39, 0.29) is 6.10 Å². The summed E-state index contributed by atoms with van der Waals surface area (Å²) in [4.78, 5) is 4.14. The standard InChI is InChI=1S/C15H15NO2/c1-11-4-5-12(13-3-2-6-16-8-13)7-15(11)18-10-14-9-17-14/h2-8,14H,9-10H2,1H3. The molecule has 0 aliphatic carbocycles. The number of benzene rings is 1. The van der Waals surface area contributed by atoms with Gasteiger partial charge in [-0.2, -0.15) is 0 Å². The van der Waals surface area contributed by atoms with E-state index in [4.69, 9.17) is 9.47 Å². The summed E-state index contributed by atoms with van der Waals surface area (Å²) < 4.78 is 10.9. The molecule has 1 unspecified atom stereocenters. The first-order valence-corrected chi connectivity index (χ1v) is 6.08. The lowest BCUT2D eigenvalue weighted by molar-refractivity contribution is 0.262. The summed E-state index contributed by atoms with van der Waals surface area (Å²) in [5.74, 6) is 0.923. The monoisotopic (exact) mass is 241 g/mol. The van der Waals surface area contributed by atoms with E-state index in [1.807, 2.05) is 18.3 Å². The molecule has 1 saturated heterocycles. The van der Waals surface area contributed by atoms with Crippen LogP contribution in [0.25, 0.3) is 11.1 Å². The van der Waals surface area contributed by atoms with Crippen LogP contribution in [0, 0.1) is 6.92 Å². The normalized spacial score (nSPS) is 17.5. The second-order valence-electron chi connectivity index (χ2n) is 4.49.